The highest BCUT2D eigenvalue weighted by Gasteiger charge is 2.28. The second kappa shape index (κ2) is 7.09. The lowest BCUT2D eigenvalue weighted by Gasteiger charge is -2.16. The maximum atomic E-state index is 12.7. The molecule has 2 heterocycles. The number of aromatic nitrogens is 3. The van der Waals surface area contributed by atoms with Crippen molar-refractivity contribution in [3.8, 4) is 11.1 Å². The van der Waals surface area contributed by atoms with E-state index in [4.69, 9.17) is 23.2 Å². The molecule has 2 aromatic carbocycles. The largest absolute Gasteiger partial charge is 0.336 e. The molecule has 1 amide bonds. The molecule has 132 valence electrons. The molecule has 3 aromatic rings. The van der Waals surface area contributed by atoms with Crippen LogP contribution < -0.4 is 0 Å². The minimum Gasteiger partial charge on any atom is -0.336 e. The summed E-state index contributed by atoms with van der Waals surface area (Å²) in [4.78, 5) is 16.3. The average molecular weight is 387 g/mol. The number of likely N-dealkylation sites (tertiary alicyclic amines) is 1. The summed E-state index contributed by atoms with van der Waals surface area (Å²) >= 11 is 12.0. The molecule has 26 heavy (non-hydrogen) atoms. The first-order valence-electron chi connectivity index (χ1n) is 8.32. The maximum Gasteiger partial charge on any atom is 0.253 e. The number of hydrogen-bond donors (Lipinski definition) is 0. The van der Waals surface area contributed by atoms with Crippen molar-refractivity contribution in [2.45, 2.75) is 12.5 Å². The maximum absolute atomic E-state index is 12.7. The molecule has 7 heteroatoms. The minimum absolute atomic E-state index is 0.0281. The number of carbonyl (C=O) groups excluding carboxylic acids is 1. The molecule has 1 unspecified atom stereocenters. The highest BCUT2D eigenvalue weighted by molar-refractivity contribution is 6.42. The van der Waals surface area contributed by atoms with Gasteiger partial charge in [0.2, 0.25) is 0 Å². The van der Waals surface area contributed by atoms with E-state index in [9.17, 15) is 4.79 Å². The van der Waals surface area contributed by atoms with Crippen molar-refractivity contribution in [3.63, 3.8) is 0 Å². The third-order valence-electron chi connectivity index (χ3n) is 4.60. The van der Waals surface area contributed by atoms with E-state index in [1.807, 2.05) is 41.3 Å². The lowest BCUT2D eigenvalue weighted by molar-refractivity contribution is 0.0786. The third-order valence-corrected chi connectivity index (χ3v) is 5.34. The molecule has 4 rings (SSSR count). The molecule has 1 aliphatic heterocycles. The van der Waals surface area contributed by atoms with E-state index in [1.165, 1.54) is 0 Å². The van der Waals surface area contributed by atoms with E-state index in [-0.39, 0.29) is 11.9 Å². The summed E-state index contributed by atoms with van der Waals surface area (Å²) in [6.45, 7) is 1.33. The number of benzene rings is 2. The van der Waals surface area contributed by atoms with E-state index >= 15 is 0 Å². The van der Waals surface area contributed by atoms with Crippen molar-refractivity contribution in [3.05, 3.63) is 70.5 Å². The number of halogens is 2. The van der Waals surface area contributed by atoms with Gasteiger partial charge in [0, 0.05) is 18.7 Å². The fourth-order valence-corrected chi connectivity index (χ4v) is 3.49. The summed E-state index contributed by atoms with van der Waals surface area (Å²) in [7, 11) is 0. The summed E-state index contributed by atoms with van der Waals surface area (Å²) in [5.41, 5.74) is 2.62. The van der Waals surface area contributed by atoms with E-state index in [0.717, 1.165) is 17.5 Å². The van der Waals surface area contributed by atoms with Crippen molar-refractivity contribution in [1.82, 2.24) is 19.9 Å². The zero-order chi connectivity index (χ0) is 18.1. The molecule has 1 atom stereocenters. The highest BCUT2D eigenvalue weighted by atomic mass is 35.5. The Labute approximate surface area is 161 Å². The van der Waals surface area contributed by atoms with Gasteiger partial charge in [0.05, 0.1) is 28.5 Å². The molecular weight excluding hydrogens is 371 g/mol. The van der Waals surface area contributed by atoms with Crippen LogP contribution in [0.4, 0.5) is 0 Å². The molecule has 1 aliphatic rings. The normalized spacial score (nSPS) is 16.8. The first-order chi connectivity index (χ1) is 12.6. The molecule has 0 saturated carbocycles. The second-order valence-corrected chi connectivity index (χ2v) is 7.06. The summed E-state index contributed by atoms with van der Waals surface area (Å²) in [6, 6.07) is 13.2. The Hall–Kier alpha value is -2.37. The molecule has 1 fully saturated rings. The molecule has 1 saturated heterocycles. The van der Waals surface area contributed by atoms with E-state index < -0.39 is 0 Å². The van der Waals surface area contributed by atoms with Crippen LogP contribution in [0, 0.1) is 0 Å². The van der Waals surface area contributed by atoms with Crippen LogP contribution in [0.15, 0.2) is 54.9 Å². The second-order valence-electron chi connectivity index (χ2n) is 6.25. The van der Waals surface area contributed by atoms with Crippen LogP contribution in [0.5, 0.6) is 0 Å². The predicted octanol–water partition coefficient (Wildman–Crippen LogP) is 4.34. The Morgan fingerprint density at radius 2 is 1.65 bits per heavy atom. The molecule has 1 aromatic heterocycles. The summed E-state index contributed by atoms with van der Waals surface area (Å²) in [5, 5.41) is 9.38. The molecule has 0 spiro atoms. The predicted molar refractivity (Wildman–Crippen MR) is 101 cm³/mol. The quantitative estimate of drug-likeness (QED) is 0.672. The van der Waals surface area contributed by atoms with E-state index in [1.54, 1.807) is 23.3 Å². The van der Waals surface area contributed by atoms with Gasteiger partial charge >= 0.3 is 0 Å². The smallest absolute Gasteiger partial charge is 0.253 e. The van der Waals surface area contributed by atoms with Crippen LogP contribution in [0.25, 0.3) is 11.1 Å². The average Bonchev–Trinajstić information content (AvgIpc) is 3.35. The highest BCUT2D eigenvalue weighted by Crippen LogP contribution is 2.29. The Balaban J connectivity index is 1.48. The standard InChI is InChI=1S/C19H16Cl2N4O/c20-17-6-5-15(11-18(17)21)13-1-3-14(4-2-13)19(26)24-10-7-16(12-24)25-22-8-9-23-25/h1-6,8-9,11,16H,7,10,12H2. The van der Waals surface area contributed by atoms with Gasteiger partial charge in [-0.25, -0.2) is 0 Å². The van der Waals surface area contributed by atoms with Crippen LogP contribution in [0.3, 0.4) is 0 Å². The fourth-order valence-electron chi connectivity index (χ4n) is 3.19. The molecule has 0 aliphatic carbocycles. The minimum atomic E-state index is 0.0281. The van der Waals surface area contributed by atoms with Crippen LogP contribution in [-0.4, -0.2) is 38.9 Å². The summed E-state index contributed by atoms with van der Waals surface area (Å²) in [6.07, 6.45) is 4.18. The van der Waals surface area contributed by atoms with Gasteiger partial charge in [-0.05, 0) is 41.8 Å². The Kier molecular flexibility index (Phi) is 4.66. The van der Waals surface area contributed by atoms with Crippen molar-refractivity contribution in [1.29, 1.82) is 0 Å². The molecule has 0 bridgehead atoms. The SMILES string of the molecule is O=C(c1ccc(-c2ccc(Cl)c(Cl)c2)cc1)N1CCC(n2nccn2)C1. The van der Waals surface area contributed by atoms with Gasteiger partial charge in [-0.1, -0.05) is 41.4 Å². The monoisotopic (exact) mass is 386 g/mol. The number of rotatable bonds is 3. The molecular formula is C19H16Cl2N4O. The van der Waals surface area contributed by atoms with E-state index in [2.05, 4.69) is 10.2 Å². The Bertz CT molecular complexity index is 925. The van der Waals surface area contributed by atoms with Crippen LogP contribution in [0.1, 0.15) is 22.8 Å². The van der Waals surface area contributed by atoms with E-state index in [0.29, 0.717) is 28.7 Å². The lowest BCUT2D eigenvalue weighted by atomic mass is 10.0. The van der Waals surface area contributed by atoms with Gasteiger partial charge in [-0.15, -0.1) is 0 Å². The number of nitrogens with zero attached hydrogens (tertiary/aromatic N) is 4. The van der Waals surface area contributed by atoms with Crippen LogP contribution in [-0.2, 0) is 0 Å². The van der Waals surface area contributed by atoms with Gasteiger partial charge < -0.3 is 4.90 Å². The zero-order valence-corrected chi connectivity index (χ0v) is 15.4. The number of hydrogen-bond acceptors (Lipinski definition) is 3. The summed E-state index contributed by atoms with van der Waals surface area (Å²) < 4.78 is 0. The molecule has 5 nitrogen and oxygen atoms in total. The molecule has 0 radical (unpaired) electrons. The van der Waals surface area contributed by atoms with Gasteiger partial charge in [0.1, 0.15) is 0 Å². The van der Waals surface area contributed by atoms with Gasteiger partial charge in [-0.2, -0.15) is 15.0 Å². The summed E-state index contributed by atoms with van der Waals surface area (Å²) in [5.74, 6) is 0.0281. The molecule has 0 N–H and O–H groups in total. The first-order valence-corrected chi connectivity index (χ1v) is 9.08. The first kappa shape index (κ1) is 17.1. The lowest BCUT2D eigenvalue weighted by Crippen LogP contribution is -2.29. The van der Waals surface area contributed by atoms with Crippen molar-refractivity contribution >= 4 is 29.1 Å². The van der Waals surface area contributed by atoms with Gasteiger partial charge in [0.15, 0.2) is 0 Å². The third kappa shape index (κ3) is 3.32. The number of amides is 1. The van der Waals surface area contributed by atoms with Crippen molar-refractivity contribution in [2.24, 2.45) is 0 Å². The fraction of sp³-hybridized carbons (Fsp3) is 0.211. The number of carbonyl (C=O) groups is 1. The van der Waals surface area contributed by atoms with Gasteiger partial charge in [0.25, 0.3) is 5.91 Å². The van der Waals surface area contributed by atoms with Crippen molar-refractivity contribution in [2.75, 3.05) is 13.1 Å². The van der Waals surface area contributed by atoms with Crippen LogP contribution in [0.2, 0.25) is 10.0 Å². The Morgan fingerprint density at radius 1 is 0.962 bits per heavy atom. The van der Waals surface area contributed by atoms with Crippen LogP contribution >= 0.6 is 23.2 Å². The van der Waals surface area contributed by atoms with Gasteiger partial charge in [-0.3, -0.25) is 4.79 Å². The Morgan fingerprint density at radius 3 is 2.35 bits per heavy atom. The topological polar surface area (TPSA) is 51.0 Å². The zero-order valence-electron chi connectivity index (χ0n) is 13.8. The van der Waals surface area contributed by atoms with Crippen molar-refractivity contribution < 1.29 is 4.79 Å².